The predicted octanol–water partition coefficient (Wildman–Crippen LogP) is 0.505. The molecule has 1 rings (SSSR count). The summed E-state index contributed by atoms with van der Waals surface area (Å²) in [5.41, 5.74) is 0. The minimum Gasteiger partial charge on any atom is -0.469 e. The molecular weight excluding hydrogens is 166 g/mol. The molecule has 0 aliphatic carbocycles. The van der Waals surface area contributed by atoms with Crippen molar-refractivity contribution in [1.82, 2.24) is 4.90 Å². The molecule has 1 aliphatic rings. The highest BCUT2D eigenvalue weighted by atomic mass is 16.5. The van der Waals surface area contributed by atoms with Gasteiger partial charge in [-0.15, -0.1) is 5.92 Å². The van der Waals surface area contributed by atoms with Crippen molar-refractivity contribution in [1.29, 1.82) is 0 Å². The van der Waals surface area contributed by atoms with Crippen LogP contribution < -0.4 is 0 Å². The fraction of sp³-hybridized carbons (Fsp3) is 0.700. The van der Waals surface area contributed by atoms with Crippen LogP contribution in [-0.2, 0) is 9.53 Å². The second kappa shape index (κ2) is 4.88. The van der Waals surface area contributed by atoms with Gasteiger partial charge >= 0.3 is 5.97 Å². The Kier molecular flexibility index (Phi) is 3.78. The van der Waals surface area contributed by atoms with Crippen molar-refractivity contribution in [2.45, 2.75) is 13.3 Å². The van der Waals surface area contributed by atoms with Gasteiger partial charge in [0, 0.05) is 6.54 Å². The first-order valence-electron chi connectivity index (χ1n) is 4.47. The van der Waals surface area contributed by atoms with E-state index in [1.807, 2.05) is 6.92 Å². The van der Waals surface area contributed by atoms with Crippen LogP contribution in [0.5, 0.6) is 0 Å². The molecule has 0 saturated carbocycles. The van der Waals surface area contributed by atoms with E-state index < -0.39 is 0 Å². The fourth-order valence-electron chi connectivity index (χ4n) is 1.53. The van der Waals surface area contributed by atoms with Gasteiger partial charge in [0.25, 0.3) is 0 Å². The number of ether oxygens (including phenoxy) is 1. The SMILES string of the molecule is CC#CCN1CCC(C(=O)OC)C1. The van der Waals surface area contributed by atoms with Crippen molar-refractivity contribution in [3.05, 3.63) is 0 Å². The average molecular weight is 181 g/mol. The first kappa shape index (κ1) is 10.1. The lowest BCUT2D eigenvalue weighted by atomic mass is 10.1. The van der Waals surface area contributed by atoms with E-state index in [9.17, 15) is 4.79 Å². The quantitative estimate of drug-likeness (QED) is 0.459. The Morgan fingerprint density at radius 1 is 1.69 bits per heavy atom. The summed E-state index contributed by atoms with van der Waals surface area (Å²) in [5.74, 6) is 5.80. The van der Waals surface area contributed by atoms with Crippen molar-refractivity contribution in [2.24, 2.45) is 5.92 Å². The molecule has 0 bridgehead atoms. The molecular formula is C10H15NO2. The molecule has 1 fully saturated rings. The maximum atomic E-state index is 11.1. The third-order valence-corrected chi connectivity index (χ3v) is 2.29. The smallest absolute Gasteiger partial charge is 0.310 e. The van der Waals surface area contributed by atoms with Crippen LogP contribution in [0.15, 0.2) is 0 Å². The summed E-state index contributed by atoms with van der Waals surface area (Å²) in [6.45, 7) is 4.34. The van der Waals surface area contributed by atoms with Crippen molar-refractivity contribution in [3.63, 3.8) is 0 Å². The van der Waals surface area contributed by atoms with E-state index in [-0.39, 0.29) is 11.9 Å². The Morgan fingerprint density at radius 2 is 2.46 bits per heavy atom. The van der Waals surface area contributed by atoms with Gasteiger partial charge in [0.1, 0.15) is 0 Å². The van der Waals surface area contributed by atoms with Gasteiger partial charge in [-0.25, -0.2) is 0 Å². The van der Waals surface area contributed by atoms with Crippen LogP contribution >= 0.6 is 0 Å². The normalized spacial score (nSPS) is 22.2. The Balaban J connectivity index is 2.34. The summed E-state index contributed by atoms with van der Waals surface area (Å²) in [4.78, 5) is 13.3. The maximum absolute atomic E-state index is 11.1. The number of rotatable bonds is 2. The zero-order valence-electron chi connectivity index (χ0n) is 8.17. The number of carbonyl (C=O) groups excluding carboxylic acids is 1. The van der Waals surface area contributed by atoms with E-state index in [0.29, 0.717) is 0 Å². The summed E-state index contributed by atoms with van der Waals surface area (Å²) in [7, 11) is 1.44. The zero-order chi connectivity index (χ0) is 9.68. The van der Waals surface area contributed by atoms with E-state index >= 15 is 0 Å². The van der Waals surface area contributed by atoms with E-state index in [1.54, 1.807) is 0 Å². The summed E-state index contributed by atoms with van der Waals surface area (Å²) >= 11 is 0. The third kappa shape index (κ3) is 2.74. The van der Waals surface area contributed by atoms with Crippen LogP contribution in [0, 0.1) is 17.8 Å². The first-order valence-corrected chi connectivity index (χ1v) is 4.47. The van der Waals surface area contributed by atoms with Gasteiger partial charge < -0.3 is 4.74 Å². The van der Waals surface area contributed by atoms with Gasteiger partial charge in [0.15, 0.2) is 0 Å². The number of hydrogen-bond acceptors (Lipinski definition) is 3. The second-order valence-electron chi connectivity index (χ2n) is 3.17. The molecule has 3 heteroatoms. The van der Waals surface area contributed by atoms with E-state index in [0.717, 1.165) is 26.1 Å². The average Bonchev–Trinajstić information content (AvgIpc) is 2.62. The summed E-state index contributed by atoms with van der Waals surface area (Å²) in [6, 6.07) is 0. The molecule has 0 aromatic heterocycles. The molecule has 0 radical (unpaired) electrons. The van der Waals surface area contributed by atoms with Gasteiger partial charge in [-0.3, -0.25) is 9.69 Å². The summed E-state index contributed by atoms with van der Waals surface area (Å²) in [5, 5.41) is 0. The van der Waals surface area contributed by atoms with Gasteiger partial charge in [0.2, 0.25) is 0 Å². The summed E-state index contributed by atoms with van der Waals surface area (Å²) < 4.78 is 4.69. The Labute approximate surface area is 79.1 Å². The number of nitrogens with zero attached hydrogens (tertiary/aromatic N) is 1. The molecule has 72 valence electrons. The fourth-order valence-corrected chi connectivity index (χ4v) is 1.53. The van der Waals surface area contributed by atoms with Crippen molar-refractivity contribution in [3.8, 4) is 11.8 Å². The highest BCUT2D eigenvalue weighted by Crippen LogP contribution is 2.16. The largest absolute Gasteiger partial charge is 0.469 e. The molecule has 0 amide bonds. The van der Waals surface area contributed by atoms with E-state index in [1.165, 1.54) is 7.11 Å². The molecule has 0 spiro atoms. The van der Waals surface area contributed by atoms with Crippen LogP contribution in [0.25, 0.3) is 0 Å². The molecule has 0 N–H and O–H groups in total. The minimum absolute atomic E-state index is 0.0589. The Morgan fingerprint density at radius 3 is 3.08 bits per heavy atom. The highest BCUT2D eigenvalue weighted by molar-refractivity contribution is 5.72. The molecule has 1 unspecified atom stereocenters. The lowest BCUT2D eigenvalue weighted by Gasteiger charge is -2.10. The lowest BCUT2D eigenvalue weighted by Crippen LogP contribution is -2.24. The molecule has 0 aromatic rings. The highest BCUT2D eigenvalue weighted by Gasteiger charge is 2.28. The molecule has 1 aliphatic heterocycles. The molecule has 0 aromatic carbocycles. The maximum Gasteiger partial charge on any atom is 0.310 e. The van der Waals surface area contributed by atoms with Crippen LogP contribution in [0.1, 0.15) is 13.3 Å². The van der Waals surface area contributed by atoms with E-state index in [2.05, 4.69) is 21.5 Å². The van der Waals surface area contributed by atoms with Gasteiger partial charge in [-0.1, -0.05) is 5.92 Å². The number of esters is 1. The van der Waals surface area contributed by atoms with Crippen molar-refractivity contribution >= 4 is 5.97 Å². The predicted molar refractivity (Wildman–Crippen MR) is 50.0 cm³/mol. The summed E-state index contributed by atoms with van der Waals surface area (Å²) in [6.07, 6.45) is 0.901. The molecule has 1 heterocycles. The van der Waals surface area contributed by atoms with Crippen molar-refractivity contribution < 1.29 is 9.53 Å². The molecule has 3 nitrogen and oxygen atoms in total. The van der Waals surface area contributed by atoms with Gasteiger partial charge in [0.05, 0.1) is 19.6 Å². The minimum atomic E-state index is -0.0908. The third-order valence-electron chi connectivity index (χ3n) is 2.29. The van der Waals surface area contributed by atoms with Crippen LogP contribution in [-0.4, -0.2) is 37.6 Å². The first-order chi connectivity index (χ1) is 6.27. The van der Waals surface area contributed by atoms with Crippen molar-refractivity contribution in [2.75, 3.05) is 26.7 Å². The van der Waals surface area contributed by atoms with Crippen LogP contribution in [0.3, 0.4) is 0 Å². The van der Waals surface area contributed by atoms with Crippen LogP contribution in [0.4, 0.5) is 0 Å². The number of methoxy groups -OCH3 is 1. The number of likely N-dealkylation sites (tertiary alicyclic amines) is 1. The Hall–Kier alpha value is -1.01. The topological polar surface area (TPSA) is 29.5 Å². The monoisotopic (exact) mass is 181 g/mol. The molecule has 1 atom stereocenters. The molecule has 13 heavy (non-hydrogen) atoms. The standard InChI is InChI=1S/C10H15NO2/c1-3-4-6-11-7-5-9(8-11)10(12)13-2/h9H,5-8H2,1-2H3. The van der Waals surface area contributed by atoms with E-state index in [4.69, 9.17) is 0 Å². The zero-order valence-corrected chi connectivity index (χ0v) is 8.17. The second-order valence-corrected chi connectivity index (χ2v) is 3.17. The van der Waals surface area contributed by atoms with Crippen LogP contribution in [0.2, 0.25) is 0 Å². The number of hydrogen-bond donors (Lipinski definition) is 0. The molecule has 1 saturated heterocycles. The number of carbonyl (C=O) groups is 1. The lowest BCUT2D eigenvalue weighted by molar-refractivity contribution is -0.144. The van der Waals surface area contributed by atoms with Gasteiger partial charge in [-0.2, -0.15) is 0 Å². The van der Waals surface area contributed by atoms with Gasteiger partial charge in [-0.05, 0) is 19.9 Å². The Bertz CT molecular complexity index is 239.